The highest BCUT2D eigenvalue weighted by atomic mass is 16.5. The van der Waals surface area contributed by atoms with Crippen LogP contribution in [0.15, 0.2) is 54.6 Å². The number of pyridine rings is 1. The predicted molar refractivity (Wildman–Crippen MR) is 157 cm³/mol. The second-order valence-electron chi connectivity index (χ2n) is 9.66. The van der Waals surface area contributed by atoms with Crippen LogP contribution in [0.1, 0.15) is 46.0 Å². The Hall–Kier alpha value is -3.53. The summed E-state index contributed by atoms with van der Waals surface area (Å²) in [5, 5.41) is 3.85. The Balaban J connectivity index is 0.00000205. The molecule has 1 amide bonds. The average molecular weight is 535 g/mol. The summed E-state index contributed by atoms with van der Waals surface area (Å²) in [6, 6.07) is 17.0. The van der Waals surface area contributed by atoms with Gasteiger partial charge in [0.05, 0.1) is 35.8 Å². The SMILES string of the molecule is CC.CCOCc1nc2c(N)nc3ccccc3c2n1CC(C)(C)OCCNC(=O)C(N)Cc1ccccc1. The molecule has 5 N–H and O–H groups in total. The Bertz CT molecular complexity index is 1350. The Morgan fingerprint density at radius 3 is 2.49 bits per heavy atom. The number of ether oxygens (including phenoxy) is 2. The highest BCUT2D eigenvalue weighted by Gasteiger charge is 2.25. The van der Waals surface area contributed by atoms with Crippen molar-refractivity contribution in [2.45, 2.75) is 65.8 Å². The number of nitrogen functional groups attached to an aromatic ring is 1. The zero-order chi connectivity index (χ0) is 28.4. The van der Waals surface area contributed by atoms with E-state index in [2.05, 4.69) is 14.9 Å². The number of nitrogens with zero attached hydrogens (tertiary/aromatic N) is 3. The second kappa shape index (κ2) is 14.0. The number of para-hydroxylation sites is 1. The summed E-state index contributed by atoms with van der Waals surface area (Å²) < 4.78 is 14.0. The normalized spacial score (nSPS) is 12.3. The summed E-state index contributed by atoms with van der Waals surface area (Å²) in [6.07, 6.45) is 0.487. The van der Waals surface area contributed by atoms with Crippen LogP contribution in [0.25, 0.3) is 21.9 Å². The van der Waals surface area contributed by atoms with E-state index >= 15 is 0 Å². The predicted octanol–water partition coefficient (Wildman–Crippen LogP) is 4.21. The van der Waals surface area contributed by atoms with Crippen molar-refractivity contribution in [3.8, 4) is 0 Å². The molecule has 2 aromatic heterocycles. The van der Waals surface area contributed by atoms with Gasteiger partial charge in [0, 0.05) is 18.5 Å². The number of imidazole rings is 1. The van der Waals surface area contributed by atoms with E-state index in [1.54, 1.807) is 0 Å². The van der Waals surface area contributed by atoms with Crippen LogP contribution in [0.3, 0.4) is 0 Å². The zero-order valence-electron chi connectivity index (χ0n) is 23.7. The van der Waals surface area contributed by atoms with Crippen LogP contribution in [-0.4, -0.2) is 51.8 Å². The summed E-state index contributed by atoms with van der Waals surface area (Å²) in [4.78, 5) is 21.8. The Labute approximate surface area is 230 Å². The standard InChI is InChI=1S/C28H36N6O3.C2H6/c1-4-36-17-23-33-24-25(20-12-8-9-13-22(20)32-26(24)30)34(23)18-28(2,3)37-15-14-31-27(35)21(29)16-19-10-6-5-7-11-19;1-2/h5-13,21H,4,14-18,29H2,1-3H3,(H2,30,32)(H,31,35);1-2H3. The third-order valence-corrected chi connectivity index (χ3v) is 6.19. The number of nitrogens with one attached hydrogen (secondary N) is 1. The Morgan fingerprint density at radius 1 is 1.08 bits per heavy atom. The molecule has 0 aliphatic rings. The lowest BCUT2D eigenvalue weighted by molar-refractivity contribution is -0.123. The fourth-order valence-electron chi connectivity index (χ4n) is 4.40. The maximum Gasteiger partial charge on any atom is 0.237 e. The van der Waals surface area contributed by atoms with Crippen LogP contribution < -0.4 is 16.8 Å². The third-order valence-electron chi connectivity index (χ3n) is 6.19. The maximum atomic E-state index is 12.4. The van der Waals surface area contributed by atoms with Crippen LogP contribution in [0, 0.1) is 0 Å². The molecule has 1 atom stereocenters. The molecule has 0 fully saturated rings. The topological polar surface area (TPSA) is 130 Å². The van der Waals surface area contributed by atoms with E-state index in [9.17, 15) is 4.79 Å². The van der Waals surface area contributed by atoms with Crippen molar-refractivity contribution in [1.29, 1.82) is 0 Å². The molecule has 1 unspecified atom stereocenters. The summed E-state index contributed by atoms with van der Waals surface area (Å²) in [5.74, 6) is 0.955. The number of carbonyl (C=O) groups is 1. The first-order chi connectivity index (χ1) is 18.8. The fourth-order valence-corrected chi connectivity index (χ4v) is 4.40. The molecule has 4 aromatic rings. The number of benzene rings is 2. The van der Waals surface area contributed by atoms with Crippen molar-refractivity contribution in [2.75, 3.05) is 25.5 Å². The molecule has 9 heteroatoms. The van der Waals surface area contributed by atoms with E-state index < -0.39 is 11.6 Å². The van der Waals surface area contributed by atoms with E-state index in [4.69, 9.17) is 25.9 Å². The third kappa shape index (κ3) is 7.75. The van der Waals surface area contributed by atoms with E-state index in [1.165, 1.54) is 0 Å². The fraction of sp³-hybridized carbons (Fsp3) is 0.433. The van der Waals surface area contributed by atoms with Gasteiger partial charge in [-0.05, 0) is 38.8 Å². The highest BCUT2D eigenvalue weighted by molar-refractivity contribution is 6.06. The molecule has 0 saturated heterocycles. The minimum atomic E-state index is -0.610. The van der Waals surface area contributed by atoms with Crippen LogP contribution in [0.5, 0.6) is 0 Å². The number of anilines is 1. The molecule has 210 valence electrons. The van der Waals surface area contributed by atoms with Crippen molar-refractivity contribution < 1.29 is 14.3 Å². The van der Waals surface area contributed by atoms with Crippen molar-refractivity contribution in [3.05, 3.63) is 66.0 Å². The quantitative estimate of drug-likeness (QED) is 0.232. The lowest BCUT2D eigenvalue weighted by Crippen LogP contribution is -2.44. The van der Waals surface area contributed by atoms with Gasteiger partial charge in [0.2, 0.25) is 5.91 Å². The minimum absolute atomic E-state index is 0.195. The number of fused-ring (bicyclic) bond motifs is 3. The minimum Gasteiger partial charge on any atom is -0.382 e. The van der Waals surface area contributed by atoms with Crippen molar-refractivity contribution in [2.24, 2.45) is 5.73 Å². The van der Waals surface area contributed by atoms with E-state index in [1.807, 2.05) is 89.2 Å². The first kappa shape index (κ1) is 30.0. The molecule has 4 rings (SSSR count). The van der Waals surface area contributed by atoms with Crippen LogP contribution in [0.4, 0.5) is 5.82 Å². The summed E-state index contributed by atoms with van der Waals surface area (Å²) in [6.45, 7) is 12.1. The van der Waals surface area contributed by atoms with Crippen molar-refractivity contribution in [3.63, 3.8) is 0 Å². The van der Waals surface area contributed by atoms with Crippen LogP contribution in [-0.2, 0) is 33.8 Å². The van der Waals surface area contributed by atoms with E-state index in [-0.39, 0.29) is 5.91 Å². The molecule has 2 aromatic carbocycles. The lowest BCUT2D eigenvalue weighted by Gasteiger charge is -2.27. The molecule has 0 saturated carbocycles. The van der Waals surface area contributed by atoms with E-state index in [0.717, 1.165) is 27.8 Å². The number of hydrogen-bond acceptors (Lipinski definition) is 7. The van der Waals surface area contributed by atoms with Crippen LogP contribution in [0.2, 0.25) is 0 Å². The van der Waals surface area contributed by atoms with Crippen molar-refractivity contribution in [1.82, 2.24) is 19.9 Å². The van der Waals surface area contributed by atoms with Crippen LogP contribution >= 0.6 is 0 Å². The molecular weight excluding hydrogens is 492 g/mol. The maximum absolute atomic E-state index is 12.4. The molecule has 0 radical (unpaired) electrons. The van der Waals surface area contributed by atoms with Gasteiger partial charge in [0.25, 0.3) is 0 Å². The van der Waals surface area contributed by atoms with E-state index in [0.29, 0.717) is 50.7 Å². The van der Waals surface area contributed by atoms with Gasteiger partial charge in [0.15, 0.2) is 5.82 Å². The summed E-state index contributed by atoms with van der Waals surface area (Å²) >= 11 is 0. The Morgan fingerprint density at radius 2 is 1.77 bits per heavy atom. The smallest absolute Gasteiger partial charge is 0.237 e. The largest absolute Gasteiger partial charge is 0.382 e. The summed E-state index contributed by atoms with van der Waals surface area (Å²) in [7, 11) is 0. The van der Waals surface area contributed by atoms with Gasteiger partial charge in [-0.25, -0.2) is 9.97 Å². The van der Waals surface area contributed by atoms with Gasteiger partial charge in [-0.15, -0.1) is 0 Å². The Kier molecular flexibility index (Phi) is 10.8. The molecule has 0 spiro atoms. The summed E-state index contributed by atoms with van der Waals surface area (Å²) in [5.41, 5.74) is 15.2. The molecule has 9 nitrogen and oxygen atoms in total. The van der Waals surface area contributed by atoms with Gasteiger partial charge in [0.1, 0.15) is 17.9 Å². The molecule has 2 heterocycles. The number of nitrogens with two attached hydrogens (primary N) is 2. The van der Waals surface area contributed by atoms with Gasteiger partial charge in [-0.3, -0.25) is 4.79 Å². The molecule has 0 aliphatic heterocycles. The van der Waals surface area contributed by atoms with Gasteiger partial charge < -0.3 is 30.8 Å². The number of amides is 1. The number of hydrogen-bond donors (Lipinski definition) is 3. The zero-order valence-corrected chi connectivity index (χ0v) is 23.7. The van der Waals surface area contributed by atoms with Gasteiger partial charge >= 0.3 is 0 Å². The molecule has 0 aliphatic carbocycles. The highest BCUT2D eigenvalue weighted by Crippen LogP contribution is 2.30. The second-order valence-corrected chi connectivity index (χ2v) is 9.66. The molecule has 0 bridgehead atoms. The lowest BCUT2D eigenvalue weighted by atomic mass is 10.1. The monoisotopic (exact) mass is 534 g/mol. The average Bonchev–Trinajstić information content (AvgIpc) is 3.29. The number of rotatable bonds is 12. The first-order valence-corrected chi connectivity index (χ1v) is 13.6. The van der Waals surface area contributed by atoms with Gasteiger partial charge in [-0.2, -0.15) is 0 Å². The first-order valence-electron chi connectivity index (χ1n) is 13.6. The number of aromatic nitrogens is 3. The van der Waals surface area contributed by atoms with Gasteiger partial charge in [-0.1, -0.05) is 62.4 Å². The molecule has 39 heavy (non-hydrogen) atoms. The molecular formula is C30H42N6O3. The van der Waals surface area contributed by atoms with Crippen molar-refractivity contribution >= 4 is 33.7 Å². The number of carbonyl (C=O) groups excluding carboxylic acids is 1.